The van der Waals surface area contributed by atoms with Crippen LogP contribution in [0.5, 0.6) is 0 Å². The molecule has 1 aromatic carbocycles. The van der Waals surface area contributed by atoms with Crippen molar-refractivity contribution in [2.45, 2.75) is 0 Å². The first-order valence-electron chi connectivity index (χ1n) is 3.88. The van der Waals surface area contributed by atoms with Gasteiger partial charge in [-0.3, -0.25) is 0 Å². The van der Waals surface area contributed by atoms with Crippen molar-refractivity contribution in [2.75, 3.05) is 17.2 Å². The molecule has 4 heteroatoms. The average Bonchev–Trinajstić information content (AvgIpc) is 2.02. The van der Waals surface area contributed by atoms with E-state index < -0.39 is 0 Å². The molecule has 0 amide bonds. The van der Waals surface area contributed by atoms with Gasteiger partial charge >= 0.3 is 0 Å². The summed E-state index contributed by atoms with van der Waals surface area (Å²) in [7, 11) is 0. The van der Waals surface area contributed by atoms with Gasteiger partial charge in [0, 0.05) is 22.8 Å². The highest BCUT2D eigenvalue weighted by Crippen LogP contribution is 2.22. The third-order valence-corrected chi connectivity index (χ3v) is 1.89. The molecule has 0 aliphatic rings. The lowest BCUT2D eigenvalue weighted by molar-refractivity contribution is 1.42. The molecule has 0 saturated carbocycles. The number of benzene rings is 1. The molecular weight excluding hydrogens is 164 g/mol. The number of anilines is 3. The van der Waals surface area contributed by atoms with Crippen LogP contribution in [0.15, 0.2) is 24.3 Å². The molecule has 6 N–H and O–H groups in total. The summed E-state index contributed by atoms with van der Waals surface area (Å²) in [6, 6.07) is 7.02. The van der Waals surface area contributed by atoms with Gasteiger partial charge in [-0.2, -0.15) is 0 Å². The molecule has 2 rings (SSSR count). The van der Waals surface area contributed by atoms with Gasteiger partial charge in [0.25, 0.3) is 0 Å². The number of hydrogen-bond acceptors (Lipinski definition) is 4. The topological polar surface area (TPSA) is 91.0 Å². The number of hydrogen-bond donors (Lipinski definition) is 3. The highest BCUT2D eigenvalue weighted by molar-refractivity contribution is 5.93. The van der Waals surface area contributed by atoms with Crippen molar-refractivity contribution in [3.05, 3.63) is 24.3 Å². The first kappa shape index (κ1) is 7.67. The molecule has 2 aromatic rings. The average molecular weight is 174 g/mol. The summed E-state index contributed by atoms with van der Waals surface area (Å²) >= 11 is 0. The van der Waals surface area contributed by atoms with Crippen LogP contribution in [0.2, 0.25) is 0 Å². The van der Waals surface area contributed by atoms with Gasteiger partial charge in [-0.1, -0.05) is 0 Å². The summed E-state index contributed by atoms with van der Waals surface area (Å²) in [4.78, 5) is 4.12. The number of nitrogens with zero attached hydrogens (tertiary/aromatic N) is 1. The molecule has 0 unspecified atom stereocenters. The summed E-state index contributed by atoms with van der Waals surface area (Å²) in [6.45, 7) is 0. The molecule has 0 spiro atoms. The predicted molar refractivity (Wildman–Crippen MR) is 55.0 cm³/mol. The Morgan fingerprint density at radius 1 is 1.00 bits per heavy atom. The normalized spacial score (nSPS) is 10.5. The van der Waals surface area contributed by atoms with Crippen molar-refractivity contribution in [3.63, 3.8) is 0 Å². The van der Waals surface area contributed by atoms with Crippen LogP contribution in [0.3, 0.4) is 0 Å². The SMILES string of the molecule is Nc1ccc2c(N)cc(N)nc2c1. The number of aromatic nitrogens is 1. The highest BCUT2D eigenvalue weighted by atomic mass is 14.8. The molecule has 1 aromatic heterocycles. The third kappa shape index (κ3) is 1.22. The van der Waals surface area contributed by atoms with Gasteiger partial charge in [-0.05, 0) is 18.2 Å². The Bertz CT molecular complexity index is 459. The zero-order chi connectivity index (χ0) is 9.42. The van der Waals surface area contributed by atoms with Crippen molar-refractivity contribution in [1.82, 2.24) is 4.98 Å². The molecule has 13 heavy (non-hydrogen) atoms. The summed E-state index contributed by atoms with van der Waals surface area (Å²) in [5.41, 5.74) is 18.9. The van der Waals surface area contributed by atoms with Gasteiger partial charge in [0.05, 0.1) is 5.52 Å². The van der Waals surface area contributed by atoms with E-state index in [1.807, 2.05) is 6.07 Å². The molecule has 0 aliphatic carbocycles. The van der Waals surface area contributed by atoms with E-state index in [4.69, 9.17) is 17.2 Å². The van der Waals surface area contributed by atoms with Crippen LogP contribution in [0.25, 0.3) is 10.9 Å². The van der Waals surface area contributed by atoms with Crippen LogP contribution in [-0.4, -0.2) is 4.98 Å². The van der Waals surface area contributed by atoms with Crippen molar-refractivity contribution in [3.8, 4) is 0 Å². The maximum atomic E-state index is 5.75. The summed E-state index contributed by atoms with van der Waals surface area (Å²) in [5, 5.41) is 0.878. The molecule has 0 bridgehead atoms. The van der Waals surface area contributed by atoms with Crippen molar-refractivity contribution < 1.29 is 0 Å². The number of nitrogens with two attached hydrogens (primary N) is 3. The van der Waals surface area contributed by atoms with E-state index in [1.54, 1.807) is 18.2 Å². The van der Waals surface area contributed by atoms with Crippen molar-refractivity contribution >= 4 is 28.1 Å². The maximum absolute atomic E-state index is 5.75. The lowest BCUT2D eigenvalue weighted by Crippen LogP contribution is -1.96. The lowest BCUT2D eigenvalue weighted by Gasteiger charge is -2.03. The molecule has 4 nitrogen and oxygen atoms in total. The van der Waals surface area contributed by atoms with Crippen LogP contribution < -0.4 is 17.2 Å². The second-order valence-corrected chi connectivity index (χ2v) is 2.91. The minimum absolute atomic E-state index is 0.413. The molecule has 0 fully saturated rings. The van der Waals surface area contributed by atoms with E-state index in [-0.39, 0.29) is 0 Å². The molecule has 66 valence electrons. The second kappa shape index (κ2) is 2.52. The maximum Gasteiger partial charge on any atom is 0.126 e. The second-order valence-electron chi connectivity index (χ2n) is 2.91. The Labute approximate surface area is 75.4 Å². The van der Waals surface area contributed by atoms with Crippen LogP contribution in [0.4, 0.5) is 17.2 Å². The highest BCUT2D eigenvalue weighted by Gasteiger charge is 2.00. The first-order chi connectivity index (χ1) is 6.16. The Kier molecular flexibility index (Phi) is 1.48. The van der Waals surface area contributed by atoms with Crippen LogP contribution in [0.1, 0.15) is 0 Å². The Morgan fingerprint density at radius 2 is 1.77 bits per heavy atom. The molecule has 0 radical (unpaired) electrons. The van der Waals surface area contributed by atoms with Crippen molar-refractivity contribution in [2.24, 2.45) is 0 Å². The largest absolute Gasteiger partial charge is 0.399 e. The van der Waals surface area contributed by atoms with Crippen LogP contribution in [0, 0.1) is 0 Å². The predicted octanol–water partition coefficient (Wildman–Crippen LogP) is 0.981. The van der Waals surface area contributed by atoms with Gasteiger partial charge in [-0.25, -0.2) is 4.98 Å². The van der Waals surface area contributed by atoms with Gasteiger partial charge < -0.3 is 17.2 Å². The fourth-order valence-corrected chi connectivity index (χ4v) is 1.29. The number of rotatable bonds is 0. The lowest BCUT2D eigenvalue weighted by atomic mass is 10.1. The Balaban J connectivity index is 2.86. The van der Waals surface area contributed by atoms with Crippen molar-refractivity contribution in [1.29, 1.82) is 0 Å². The quantitative estimate of drug-likeness (QED) is 0.519. The van der Waals surface area contributed by atoms with E-state index in [0.717, 1.165) is 10.9 Å². The number of fused-ring (bicyclic) bond motifs is 1. The molecule has 0 saturated heterocycles. The fraction of sp³-hybridized carbons (Fsp3) is 0. The first-order valence-corrected chi connectivity index (χ1v) is 3.88. The summed E-state index contributed by atoms with van der Waals surface area (Å²) < 4.78 is 0. The standard InChI is InChI=1S/C9H10N4/c10-5-1-2-6-7(11)4-9(12)13-8(6)3-5/h1-4H,10H2,(H4,11,12,13). The molecule has 1 heterocycles. The van der Waals surface area contributed by atoms with E-state index in [1.165, 1.54) is 0 Å². The third-order valence-electron chi connectivity index (χ3n) is 1.89. The van der Waals surface area contributed by atoms with Gasteiger partial charge in [-0.15, -0.1) is 0 Å². The monoisotopic (exact) mass is 174 g/mol. The zero-order valence-corrected chi connectivity index (χ0v) is 6.99. The number of pyridine rings is 1. The number of nitrogen functional groups attached to an aromatic ring is 3. The Hall–Kier alpha value is -1.97. The van der Waals surface area contributed by atoms with Gasteiger partial charge in [0.2, 0.25) is 0 Å². The molecular formula is C9H10N4. The van der Waals surface area contributed by atoms with Gasteiger partial charge in [0.1, 0.15) is 5.82 Å². The van der Waals surface area contributed by atoms with Crippen LogP contribution in [-0.2, 0) is 0 Å². The smallest absolute Gasteiger partial charge is 0.126 e. The van der Waals surface area contributed by atoms with Crippen LogP contribution >= 0.6 is 0 Å². The molecule has 0 aliphatic heterocycles. The minimum Gasteiger partial charge on any atom is -0.399 e. The van der Waals surface area contributed by atoms with E-state index in [9.17, 15) is 0 Å². The Morgan fingerprint density at radius 3 is 2.54 bits per heavy atom. The van der Waals surface area contributed by atoms with E-state index >= 15 is 0 Å². The molecule has 0 atom stereocenters. The summed E-state index contributed by atoms with van der Waals surface area (Å²) in [5.74, 6) is 0.413. The fourth-order valence-electron chi connectivity index (χ4n) is 1.29. The zero-order valence-electron chi connectivity index (χ0n) is 6.99. The van der Waals surface area contributed by atoms with E-state index in [0.29, 0.717) is 17.2 Å². The minimum atomic E-state index is 0.413. The van der Waals surface area contributed by atoms with E-state index in [2.05, 4.69) is 4.98 Å². The van der Waals surface area contributed by atoms with Gasteiger partial charge in [0.15, 0.2) is 0 Å². The summed E-state index contributed by atoms with van der Waals surface area (Å²) in [6.07, 6.45) is 0.